The van der Waals surface area contributed by atoms with Crippen LogP contribution in [0, 0.1) is 0 Å². The van der Waals surface area contributed by atoms with Crippen molar-refractivity contribution in [2.45, 2.75) is 0 Å². The van der Waals surface area contributed by atoms with E-state index in [1.54, 1.807) is 0 Å². The number of fused-ring (bicyclic) bond motifs is 9. The molecule has 11 rings (SSSR count). The Hall–Kier alpha value is -6.14. The minimum atomic E-state index is 0.665. The molecule has 0 aliphatic heterocycles. The second kappa shape index (κ2) is 11.2. The van der Waals surface area contributed by atoms with Crippen LogP contribution in [0.4, 0.5) is 0 Å². The van der Waals surface area contributed by atoms with Gasteiger partial charge in [0.15, 0.2) is 0 Å². The predicted molar refractivity (Wildman–Crippen MR) is 218 cm³/mol. The van der Waals surface area contributed by atoms with Crippen molar-refractivity contribution in [3.63, 3.8) is 0 Å². The first kappa shape index (κ1) is 28.7. The van der Waals surface area contributed by atoms with Crippen molar-refractivity contribution in [1.29, 1.82) is 0 Å². The zero-order valence-corrected chi connectivity index (χ0v) is 28.9. The van der Waals surface area contributed by atoms with Crippen molar-refractivity contribution in [2.75, 3.05) is 0 Å². The molecule has 0 saturated carbocycles. The first-order valence-electron chi connectivity index (χ1n) is 17.1. The number of para-hydroxylation sites is 1. The predicted octanol–water partition coefficient (Wildman–Crippen LogP) is 13.3. The summed E-state index contributed by atoms with van der Waals surface area (Å²) < 4.78 is 7.37. The highest BCUT2D eigenvalue weighted by atomic mass is 32.1. The first-order chi connectivity index (χ1) is 25.3. The van der Waals surface area contributed by atoms with E-state index in [1.165, 1.54) is 62.2 Å². The summed E-state index contributed by atoms with van der Waals surface area (Å²) in [6, 6.07) is 58.8. The number of nitrogens with zero attached hydrogens (tertiary/aromatic N) is 3. The molecular weight excluding hydrogens is 659 g/mol. The van der Waals surface area contributed by atoms with E-state index < -0.39 is 0 Å². The maximum atomic E-state index is 5.45. The van der Waals surface area contributed by atoms with E-state index in [1.807, 2.05) is 22.7 Å². The lowest BCUT2D eigenvalue weighted by Crippen LogP contribution is -2.04. The molecule has 0 amide bonds. The average molecular weight is 686 g/mol. The van der Waals surface area contributed by atoms with E-state index in [2.05, 4.69) is 168 Å². The van der Waals surface area contributed by atoms with Crippen LogP contribution in [0.2, 0.25) is 0 Å². The number of rotatable bonds is 4. The molecule has 7 aromatic carbocycles. The van der Waals surface area contributed by atoms with Crippen LogP contribution in [0.25, 0.3) is 102 Å². The summed E-state index contributed by atoms with van der Waals surface area (Å²) in [7, 11) is 0. The zero-order valence-electron chi connectivity index (χ0n) is 27.2. The number of benzene rings is 7. The lowest BCUT2D eigenvalue weighted by Gasteiger charge is -2.13. The molecule has 51 heavy (non-hydrogen) atoms. The van der Waals surface area contributed by atoms with Crippen LogP contribution < -0.4 is 0 Å². The van der Waals surface area contributed by atoms with Gasteiger partial charge in [-0.15, -0.1) is 22.7 Å². The molecule has 11 aromatic rings. The van der Waals surface area contributed by atoms with Crippen molar-refractivity contribution in [2.24, 2.45) is 0 Å². The molecule has 0 saturated heterocycles. The van der Waals surface area contributed by atoms with Gasteiger partial charge < -0.3 is 0 Å². The van der Waals surface area contributed by atoms with E-state index in [9.17, 15) is 0 Å². The lowest BCUT2D eigenvalue weighted by atomic mass is 10.0. The molecule has 0 aliphatic rings. The van der Waals surface area contributed by atoms with Gasteiger partial charge in [-0.25, -0.2) is 9.97 Å². The highest BCUT2D eigenvalue weighted by molar-refractivity contribution is 7.26. The van der Waals surface area contributed by atoms with Crippen LogP contribution in [0.3, 0.4) is 0 Å². The van der Waals surface area contributed by atoms with E-state index >= 15 is 0 Å². The first-order valence-corrected chi connectivity index (χ1v) is 18.7. The van der Waals surface area contributed by atoms with Crippen molar-refractivity contribution < 1.29 is 0 Å². The Morgan fingerprint density at radius 1 is 0.373 bits per heavy atom. The Balaban J connectivity index is 1.20. The van der Waals surface area contributed by atoms with E-state index in [0.29, 0.717) is 5.95 Å². The molecule has 0 unspecified atom stereocenters. The SMILES string of the molecule is c1ccc(-c2ccc(-c3cc(-c4cccc5c4sc4ccccc45)nc(-n4c5ccccc5c5cc6sc7ccccc7c6cc54)n3)cc2)cc1. The van der Waals surface area contributed by atoms with Crippen LogP contribution in [0.15, 0.2) is 164 Å². The van der Waals surface area contributed by atoms with Gasteiger partial charge in [0, 0.05) is 62.2 Å². The monoisotopic (exact) mass is 685 g/mol. The Kier molecular flexibility index (Phi) is 6.29. The largest absolute Gasteiger partial charge is 0.278 e. The minimum Gasteiger partial charge on any atom is -0.278 e. The Morgan fingerprint density at radius 3 is 1.82 bits per heavy atom. The summed E-state index contributed by atoms with van der Waals surface area (Å²) in [5.74, 6) is 0.665. The summed E-state index contributed by atoms with van der Waals surface area (Å²) >= 11 is 3.68. The zero-order chi connectivity index (χ0) is 33.5. The fraction of sp³-hybridized carbons (Fsp3) is 0. The third-order valence-corrected chi connectivity index (χ3v) is 12.4. The highest BCUT2D eigenvalue weighted by Gasteiger charge is 2.20. The van der Waals surface area contributed by atoms with Crippen LogP contribution >= 0.6 is 22.7 Å². The fourth-order valence-corrected chi connectivity index (χ4v) is 9.99. The average Bonchev–Trinajstić information content (AvgIpc) is 3.86. The van der Waals surface area contributed by atoms with Crippen LogP contribution in [-0.4, -0.2) is 14.5 Å². The third-order valence-electron chi connectivity index (χ3n) is 10.1. The quantitative estimate of drug-likeness (QED) is 0.185. The van der Waals surface area contributed by atoms with Crippen molar-refractivity contribution in [3.05, 3.63) is 164 Å². The maximum absolute atomic E-state index is 5.45. The van der Waals surface area contributed by atoms with Crippen LogP contribution in [0.1, 0.15) is 0 Å². The summed E-state index contributed by atoms with van der Waals surface area (Å²) in [4.78, 5) is 10.8. The second-order valence-corrected chi connectivity index (χ2v) is 15.1. The molecule has 0 spiro atoms. The van der Waals surface area contributed by atoms with E-state index in [0.717, 1.165) is 33.5 Å². The molecule has 0 radical (unpaired) electrons. The molecule has 3 nitrogen and oxygen atoms in total. The topological polar surface area (TPSA) is 30.7 Å². The summed E-state index contributed by atoms with van der Waals surface area (Å²) in [5, 5.41) is 7.47. The minimum absolute atomic E-state index is 0.665. The second-order valence-electron chi connectivity index (χ2n) is 13.0. The fourth-order valence-electron chi connectivity index (χ4n) is 7.64. The smallest absolute Gasteiger partial charge is 0.235 e. The maximum Gasteiger partial charge on any atom is 0.235 e. The van der Waals surface area contributed by atoms with Gasteiger partial charge in [-0.2, -0.15) is 0 Å². The Labute approximate surface area is 301 Å². The molecule has 4 heterocycles. The van der Waals surface area contributed by atoms with Crippen molar-refractivity contribution in [3.8, 4) is 39.6 Å². The number of aromatic nitrogens is 3. The molecule has 0 atom stereocenters. The Bertz CT molecular complexity index is 3130. The van der Waals surface area contributed by atoms with Gasteiger partial charge in [0.1, 0.15) is 0 Å². The van der Waals surface area contributed by atoms with Crippen molar-refractivity contribution >= 4 is 84.8 Å². The molecule has 0 aliphatic carbocycles. The molecule has 0 fully saturated rings. The summed E-state index contributed by atoms with van der Waals surface area (Å²) in [6.45, 7) is 0. The summed E-state index contributed by atoms with van der Waals surface area (Å²) in [5.41, 5.74) is 8.54. The van der Waals surface area contributed by atoms with Gasteiger partial charge in [-0.3, -0.25) is 4.57 Å². The van der Waals surface area contributed by atoms with Crippen LogP contribution in [-0.2, 0) is 0 Å². The molecule has 0 N–H and O–H groups in total. The molecule has 4 aromatic heterocycles. The number of thiophene rings is 2. The van der Waals surface area contributed by atoms with Crippen molar-refractivity contribution in [1.82, 2.24) is 14.5 Å². The molecule has 0 bridgehead atoms. The standard InChI is InChI=1S/C46H27N3S2/c1-2-11-28(12-3-1)29-21-23-30(24-22-29)38-27-39(35-17-10-16-34-32-14-5-9-20-43(32)51-45(34)35)48-46(47-38)49-40-18-7-4-13-31(40)36-26-44-37(25-41(36)49)33-15-6-8-19-42(33)50-44/h1-27H. The molecule has 5 heteroatoms. The van der Waals surface area contributed by atoms with Gasteiger partial charge in [-0.1, -0.05) is 127 Å². The van der Waals surface area contributed by atoms with Crippen LogP contribution in [0.5, 0.6) is 0 Å². The normalized spacial score (nSPS) is 11.9. The summed E-state index contributed by atoms with van der Waals surface area (Å²) in [6.07, 6.45) is 0. The number of hydrogen-bond acceptors (Lipinski definition) is 4. The number of hydrogen-bond donors (Lipinski definition) is 0. The van der Waals surface area contributed by atoms with Gasteiger partial charge in [0.25, 0.3) is 0 Å². The van der Waals surface area contributed by atoms with E-state index in [-0.39, 0.29) is 0 Å². The Morgan fingerprint density at radius 2 is 1.00 bits per heavy atom. The molecular formula is C46H27N3S2. The van der Waals surface area contributed by atoms with Gasteiger partial charge in [0.2, 0.25) is 5.95 Å². The third kappa shape index (κ3) is 4.49. The van der Waals surface area contributed by atoms with Gasteiger partial charge >= 0.3 is 0 Å². The molecule has 238 valence electrons. The lowest BCUT2D eigenvalue weighted by molar-refractivity contribution is 0.997. The van der Waals surface area contributed by atoms with Gasteiger partial charge in [-0.05, 0) is 47.5 Å². The van der Waals surface area contributed by atoms with Gasteiger partial charge in [0.05, 0.1) is 22.4 Å². The highest BCUT2D eigenvalue weighted by Crippen LogP contribution is 2.42. The van der Waals surface area contributed by atoms with E-state index in [4.69, 9.17) is 9.97 Å².